The summed E-state index contributed by atoms with van der Waals surface area (Å²) in [7, 11) is 0. The average Bonchev–Trinajstić information content (AvgIpc) is 3.47. The van der Waals surface area contributed by atoms with Crippen molar-refractivity contribution >= 4 is 39.6 Å². The first-order valence-electron chi connectivity index (χ1n) is 13.0. The van der Waals surface area contributed by atoms with Gasteiger partial charge in [-0.15, -0.1) is 0 Å². The van der Waals surface area contributed by atoms with Crippen molar-refractivity contribution in [2.75, 3.05) is 44.4 Å². The van der Waals surface area contributed by atoms with Gasteiger partial charge in [-0.05, 0) is 31.5 Å². The molecule has 1 unspecified atom stereocenters. The van der Waals surface area contributed by atoms with Crippen LogP contribution in [0.25, 0.3) is 4.96 Å². The van der Waals surface area contributed by atoms with Crippen LogP contribution < -0.4 is 14.4 Å². The summed E-state index contributed by atoms with van der Waals surface area (Å²) in [6.45, 7) is 3.37. The van der Waals surface area contributed by atoms with Crippen molar-refractivity contribution < 1.29 is 27.8 Å². The van der Waals surface area contributed by atoms with E-state index in [2.05, 4.69) is 24.7 Å². The van der Waals surface area contributed by atoms with Gasteiger partial charge in [-0.1, -0.05) is 22.9 Å². The lowest BCUT2D eigenvalue weighted by atomic mass is 9.94. The predicted molar refractivity (Wildman–Crippen MR) is 146 cm³/mol. The van der Waals surface area contributed by atoms with Crippen molar-refractivity contribution in [2.45, 2.75) is 32.9 Å². The number of nitrogens with zero attached hydrogens (tertiary/aromatic N) is 7. The van der Waals surface area contributed by atoms with E-state index in [1.807, 2.05) is 6.92 Å². The molecule has 0 aliphatic carbocycles. The maximum Gasteiger partial charge on any atom is 0.388 e. The highest BCUT2D eigenvalue weighted by Crippen LogP contribution is 2.38. The smallest absolute Gasteiger partial charge is 0.388 e. The lowest BCUT2D eigenvalue weighted by Crippen LogP contribution is -2.43. The minimum absolute atomic E-state index is 0.157. The Balaban J connectivity index is 1.28. The molecule has 6 heterocycles. The van der Waals surface area contributed by atoms with E-state index in [1.54, 1.807) is 28.5 Å². The molecule has 2 aliphatic rings. The zero-order valence-electron chi connectivity index (χ0n) is 22.2. The summed E-state index contributed by atoms with van der Waals surface area (Å²) in [5.74, 6) is 0.498. The lowest BCUT2D eigenvalue weighted by molar-refractivity contribution is -0.135. The first-order valence-corrected chi connectivity index (χ1v) is 14.2. The van der Waals surface area contributed by atoms with E-state index in [0.29, 0.717) is 66.9 Å². The summed E-state index contributed by atoms with van der Waals surface area (Å²) in [6, 6.07) is 4.31. The van der Waals surface area contributed by atoms with Gasteiger partial charge in [0.15, 0.2) is 17.5 Å². The first-order chi connectivity index (χ1) is 19.8. The Kier molecular flexibility index (Phi) is 7.62. The average molecular weight is 606 g/mol. The second kappa shape index (κ2) is 11.3. The van der Waals surface area contributed by atoms with Gasteiger partial charge in [0.05, 0.1) is 24.6 Å². The Hall–Kier alpha value is -3.62. The van der Waals surface area contributed by atoms with Gasteiger partial charge in [-0.2, -0.15) is 13.9 Å². The molecule has 4 aromatic rings. The van der Waals surface area contributed by atoms with Gasteiger partial charge in [0.1, 0.15) is 16.9 Å². The number of halogens is 3. The number of aryl methyl sites for hydroxylation is 2. The zero-order chi connectivity index (χ0) is 28.7. The Labute approximate surface area is 242 Å². The van der Waals surface area contributed by atoms with Gasteiger partial charge in [-0.3, -0.25) is 4.79 Å². The van der Waals surface area contributed by atoms with Crippen LogP contribution in [0.2, 0.25) is 5.15 Å². The highest BCUT2D eigenvalue weighted by molar-refractivity contribution is 7.16. The van der Waals surface area contributed by atoms with Gasteiger partial charge < -0.3 is 24.0 Å². The number of morpholine rings is 1. The second-order valence-corrected chi connectivity index (χ2v) is 11.1. The molecule has 2 aliphatic heterocycles. The summed E-state index contributed by atoms with van der Waals surface area (Å²) >= 11 is 7.87. The molecule has 41 heavy (non-hydrogen) atoms. The Morgan fingerprint density at radius 2 is 2.02 bits per heavy atom. The molecule has 4 aromatic heterocycles. The number of pyridine rings is 2. The molecule has 1 amide bonds. The maximum atomic E-state index is 13.7. The number of hydrogen-bond acceptors (Lipinski definition) is 10. The SMILES string of the molecule is Cc1nn2c3c(nc2s1)CCN(C(=O)COc1ccc(N2CCOCC2)nc1Cl)C3c1cnc(OC(F)F)cc1C. The Morgan fingerprint density at radius 3 is 2.76 bits per heavy atom. The van der Waals surface area contributed by atoms with E-state index in [0.717, 1.165) is 16.4 Å². The zero-order valence-corrected chi connectivity index (χ0v) is 23.8. The summed E-state index contributed by atoms with van der Waals surface area (Å²) in [5, 5.41) is 5.59. The van der Waals surface area contributed by atoms with E-state index < -0.39 is 12.7 Å². The number of anilines is 1. The fourth-order valence-corrected chi connectivity index (χ4v) is 6.11. The summed E-state index contributed by atoms with van der Waals surface area (Å²) < 4.78 is 43.1. The van der Waals surface area contributed by atoms with Crippen molar-refractivity contribution in [2.24, 2.45) is 0 Å². The van der Waals surface area contributed by atoms with E-state index in [9.17, 15) is 13.6 Å². The van der Waals surface area contributed by atoms with Gasteiger partial charge in [0.25, 0.3) is 5.91 Å². The van der Waals surface area contributed by atoms with Crippen LogP contribution in [-0.2, 0) is 16.0 Å². The minimum atomic E-state index is -3.00. The molecule has 0 bridgehead atoms. The first kappa shape index (κ1) is 27.5. The van der Waals surface area contributed by atoms with Crippen LogP contribution in [-0.4, -0.2) is 81.4 Å². The molecule has 0 radical (unpaired) electrons. The minimum Gasteiger partial charge on any atom is -0.481 e. The molecular formula is C26H26ClF2N7O4S. The number of carbonyl (C=O) groups excluding carboxylic acids is 1. The molecule has 15 heteroatoms. The monoisotopic (exact) mass is 605 g/mol. The normalized spacial score (nSPS) is 17.3. The molecule has 0 N–H and O–H groups in total. The number of fused-ring (bicyclic) bond motifs is 3. The molecule has 1 saturated heterocycles. The van der Waals surface area contributed by atoms with Crippen molar-refractivity contribution in [1.82, 2.24) is 29.5 Å². The molecule has 0 aromatic carbocycles. The highest BCUT2D eigenvalue weighted by Gasteiger charge is 2.38. The number of aromatic nitrogens is 5. The van der Waals surface area contributed by atoms with Crippen LogP contribution in [0.4, 0.5) is 14.6 Å². The van der Waals surface area contributed by atoms with Gasteiger partial charge in [-0.25, -0.2) is 19.5 Å². The number of hydrogen-bond donors (Lipinski definition) is 0. The number of imidazole rings is 1. The number of carbonyl (C=O) groups is 1. The number of rotatable bonds is 7. The van der Waals surface area contributed by atoms with Crippen LogP contribution in [0.15, 0.2) is 24.4 Å². The molecule has 1 fully saturated rings. The third-order valence-corrected chi connectivity index (χ3v) is 8.11. The summed E-state index contributed by atoms with van der Waals surface area (Å²) in [4.78, 5) is 31.4. The number of ether oxygens (including phenoxy) is 3. The summed E-state index contributed by atoms with van der Waals surface area (Å²) in [6.07, 6.45) is 1.97. The number of alkyl halides is 2. The lowest BCUT2D eigenvalue weighted by Gasteiger charge is -2.36. The van der Waals surface area contributed by atoms with E-state index in [4.69, 9.17) is 26.1 Å². The van der Waals surface area contributed by atoms with Crippen molar-refractivity contribution in [3.8, 4) is 11.6 Å². The van der Waals surface area contributed by atoms with Gasteiger partial charge in [0, 0.05) is 43.9 Å². The molecule has 1 atom stereocenters. The van der Waals surface area contributed by atoms with Crippen LogP contribution >= 0.6 is 22.9 Å². The van der Waals surface area contributed by atoms with Crippen LogP contribution in [0.3, 0.4) is 0 Å². The van der Waals surface area contributed by atoms with E-state index in [1.165, 1.54) is 23.6 Å². The maximum absolute atomic E-state index is 13.7. The topological polar surface area (TPSA) is 107 Å². The van der Waals surface area contributed by atoms with Crippen LogP contribution in [0.1, 0.15) is 33.6 Å². The second-order valence-electron chi connectivity index (χ2n) is 9.60. The van der Waals surface area contributed by atoms with Gasteiger partial charge >= 0.3 is 6.61 Å². The van der Waals surface area contributed by atoms with Gasteiger partial charge in [0.2, 0.25) is 10.8 Å². The van der Waals surface area contributed by atoms with E-state index in [-0.39, 0.29) is 23.5 Å². The highest BCUT2D eigenvalue weighted by atomic mass is 35.5. The molecule has 216 valence electrons. The fraction of sp³-hybridized carbons (Fsp3) is 0.423. The molecule has 0 spiro atoms. The Bertz CT molecular complexity index is 1590. The van der Waals surface area contributed by atoms with Crippen molar-refractivity contribution in [1.29, 1.82) is 0 Å². The number of amides is 1. The van der Waals surface area contributed by atoms with Crippen molar-refractivity contribution in [3.05, 3.63) is 57.1 Å². The van der Waals surface area contributed by atoms with Crippen LogP contribution in [0, 0.1) is 13.8 Å². The third-order valence-electron chi connectivity index (χ3n) is 7.01. The quantitative estimate of drug-likeness (QED) is 0.290. The molecule has 11 nitrogen and oxygen atoms in total. The Morgan fingerprint density at radius 1 is 1.22 bits per heavy atom. The summed E-state index contributed by atoms with van der Waals surface area (Å²) in [5.41, 5.74) is 2.81. The molecule has 0 saturated carbocycles. The van der Waals surface area contributed by atoms with Crippen molar-refractivity contribution in [3.63, 3.8) is 0 Å². The largest absolute Gasteiger partial charge is 0.481 e. The van der Waals surface area contributed by atoms with Crippen LogP contribution in [0.5, 0.6) is 11.6 Å². The standard InChI is InChI=1S/C26H26ClF2N7O4S/c1-14-11-20(40-25(28)29)30-12-16(14)22-23-17(31-26-36(23)33-15(2)41-26)5-6-35(22)21(37)13-39-18-3-4-19(32-24(18)27)34-7-9-38-10-8-34/h3-4,11-12,22,25H,5-10,13H2,1-2H3. The van der Waals surface area contributed by atoms with E-state index >= 15 is 0 Å². The predicted octanol–water partition coefficient (Wildman–Crippen LogP) is 3.84. The third kappa shape index (κ3) is 5.51. The fourth-order valence-electron chi connectivity index (χ4n) is 5.14. The molecular weight excluding hydrogens is 580 g/mol. The molecule has 6 rings (SSSR count).